The second-order valence-corrected chi connectivity index (χ2v) is 5.29. The quantitative estimate of drug-likeness (QED) is 0.814. The third-order valence-corrected chi connectivity index (χ3v) is 3.77. The van der Waals surface area contributed by atoms with E-state index in [1.807, 2.05) is 37.3 Å². The van der Waals surface area contributed by atoms with Crippen LogP contribution in [-0.2, 0) is 11.3 Å². The Bertz CT molecular complexity index is 641. The van der Waals surface area contributed by atoms with Crippen molar-refractivity contribution in [3.8, 4) is 0 Å². The summed E-state index contributed by atoms with van der Waals surface area (Å²) in [7, 11) is 1.69. The van der Waals surface area contributed by atoms with E-state index < -0.39 is 11.6 Å². The van der Waals surface area contributed by atoms with Crippen LogP contribution >= 0.6 is 0 Å². The van der Waals surface area contributed by atoms with Crippen molar-refractivity contribution in [2.45, 2.75) is 13.5 Å². The molecule has 0 N–H and O–H groups in total. The number of carbonyl (C=O) groups is 1. The minimum Gasteiger partial charge on any atom is -0.314 e. The highest BCUT2D eigenvalue weighted by molar-refractivity contribution is 5.94. The summed E-state index contributed by atoms with van der Waals surface area (Å²) in [6, 6.07) is 13.0. The second-order valence-electron chi connectivity index (χ2n) is 5.29. The summed E-state index contributed by atoms with van der Waals surface area (Å²) < 4.78 is 27.5. The molecule has 0 radical (unpaired) electrons. The van der Waals surface area contributed by atoms with E-state index in [9.17, 15) is 13.6 Å². The van der Waals surface area contributed by atoms with Gasteiger partial charge in [0.1, 0.15) is 11.6 Å². The van der Waals surface area contributed by atoms with Gasteiger partial charge in [0.25, 0.3) is 0 Å². The van der Waals surface area contributed by atoms with Gasteiger partial charge < -0.3 is 4.90 Å². The lowest BCUT2D eigenvalue weighted by Crippen LogP contribution is -2.38. The number of benzene rings is 2. The molecule has 2 rings (SSSR count). The van der Waals surface area contributed by atoms with Crippen LogP contribution in [0.4, 0.5) is 14.5 Å². The first-order valence-corrected chi connectivity index (χ1v) is 7.49. The van der Waals surface area contributed by atoms with Crippen LogP contribution in [0.5, 0.6) is 0 Å². The molecule has 0 saturated heterocycles. The number of nitrogens with zero attached hydrogens (tertiary/aromatic N) is 2. The van der Waals surface area contributed by atoms with Crippen LogP contribution in [0.15, 0.2) is 48.5 Å². The van der Waals surface area contributed by atoms with Crippen molar-refractivity contribution in [3.05, 3.63) is 65.7 Å². The van der Waals surface area contributed by atoms with Gasteiger partial charge in [0.05, 0.1) is 6.54 Å². The van der Waals surface area contributed by atoms with Gasteiger partial charge in [-0.1, -0.05) is 31.2 Å². The minimum absolute atomic E-state index is 0.00971. The maximum atomic E-state index is 13.7. The van der Waals surface area contributed by atoms with Crippen LogP contribution in [0, 0.1) is 11.6 Å². The lowest BCUT2D eigenvalue weighted by atomic mass is 10.2. The van der Waals surface area contributed by atoms with E-state index in [4.69, 9.17) is 0 Å². The van der Waals surface area contributed by atoms with Gasteiger partial charge >= 0.3 is 0 Å². The van der Waals surface area contributed by atoms with Crippen molar-refractivity contribution in [1.29, 1.82) is 0 Å². The van der Waals surface area contributed by atoms with Crippen LogP contribution in [-0.4, -0.2) is 30.9 Å². The number of halogens is 2. The Morgan fingerprint density at radius 2 is 1.61 bits per heavy atom. The zero-order valence-electron chi connectivity index (χ0n) is 13.3. The molecule has 23 heavy (non-hydrogen) atoms. The average Bonchev–Trinajstić information content (AvgIpc) is 2.57. The molecule has 2 aromatic carbocycles. The second kappa shape index (κ2) is 7.83. The fourth-order valence-corrected chi connectivity index (χ4v) is 2.28. The van der Waals surface area contributed by atoms with Gasteiger partial charge in [-0.15, -0.1) is 0 Å². The first-order chi connectivity index (χ1) is 11.0. The molecule has 5 heteroatoms. The molecule has 0 fully saturated rings. The molecule has 0 heterocycles. The molecular formula is C18H20F2N2O. The van der Waals surface area contributed by atoms with E-state index in [0.717, 1.165) is 5.69 Å². The smallest absolute Gasteiger partial charge is 0.240 e. The summed E-state index contributed by atoms with van der Waals surface area (Å²) in [4.78, 5) is 15.6. The molecule has 0 saturated carbocycles. The van der Waals surface area contributed by atoms with Crippen LogP contribution in [0.1, 0.15) is 12.5 Å². The Morgan fingerprint density at radius 3 is 2.17 bits per heavy atom. The third-order valence-electron chi connectivity index (χ3n) is 3.77. The molecular weight excluding hydrogens is 298 g/mol. The van der Waals surface area contributed by atoms with Gasteiger partial charge in [0.15, 0.2) is 0 Å². The molecule has 2 aromatic rings. The van der Waals surface area contributed by atoms with Gasteiger partial charge in [-0.3, -0.25) is 9.69 Å². The van der Waals surface area contributed by atoms with Gasteiger partial charge in [-0.05, 0) is 30.8 Å². The fourth-order valence-electron chi connectivity index (χ4n) is 2.28. The Kier molecular flexibility index (Phi) is 5.82. The van der Waals surface area contributed by atoms with Crippen LogP contribution < -0.4 is 4.90 Å². The summed E-state index contributed by atoms with van der Waals surface area (Å²) in [5.74, 6) is -1.31. The number of amides is 1. The Hall–Kier alpha value is -2.27. The third kappa shape index (κ3) is 4.36. The van der Waals surface area contributed by atoms with Gasteiger partial charge in [0, 0.05) is 24.8 Å². The number of likely N-dealkylation sites (N-methyl/N-ethyl adjacent to an activating group) is 2. The number of anilines is 1. The molecule has 3 nitrogen and oxygen atoms in total. The minimum atomic E-state index is -0.590. The lowest BCUT2D eigenvalue weighted by Gasteiger charge is -2.24. The van der Waals surface area contributed by atoms with Gasteiger partial charge in [-0.2, -0.15) is 0 Å². The standard InChI is InChI=1S/C18H20F2N2O/c1-3-22(12-15-16(19)10-7-11-17(15)20)13-18(23)21(2)14-8-5-4-6-9-14/h4-11H,3,12-13H2,1-2H3. The van der Waals surface area contributed by atoms with E-state index in [2.05, 4.69) is 0 Å². The molecule has 0 aromatic heterocycles. The molecule has 0 spiro atoms. The Balaban J connectivity index is 2.06. The van der Waals surface area contributed by atoms with Crippen molar-refractivity contribution in [2.24, 2.45) is 0 Å². The largest absolute Gasteiger partial charge is 0.314 e. The van der Waals surface area contributed by atoms with E-state index in [-0.39, 0.29) is 24.6 Å². The molecule has 0 unspecified atom stereocenters. The predicted molar refractivity (Wildman–Crippen MR) is 87.2 cm³/mol. The fraction of sp³-hybridized carbons (Fsp3) is 0.278. The summed E-state index contributed by atoms with van der Waals surface area (Å²) in [6.45, 7) is 2.52. The highest BCUT2D eigenvalue weighted by Crippen LogP contribution is 2.16. The summed E-state index contributed by atoms with van der Waals surface area (Å²) >= 11 is 0. The Labute approximate surface area is 135 Å². The van der Waals surface area contributed by atoms with E-state index in [0.29, 0.717) is 6.54 Å². The molecule has 1 amide bonds. The zero-order chi connectivity index (χ0) is 16.8. The van der Waals surface area contributed by atoms with Crippen LogP contribution in [0.3, 0.4) is 0 Å². The summed E-state index contributed by atoms with van der Waals surface area (Å²) in [5, 5.41) is 0. The monoisotopic (exact) mass is 318 g/mol. The molecule has 0 aliphatic carbocycles. The number of hydrogen-bond donors (Lipinski definition) is 0. The number of para-hydroxylation sites is 1. The van der Waals surface area contributed by atoms with Crippen molar-refractivity contribution in [3.63, 3.8) is 0 Å². The van der Waals surface area contributed by atoms with Crippen molar-refractivity contribution < 1.29 is 13.6 Å². The highest BCUT2D eigenvalue weighted by atomic mass is 19.1. The van der Waals surface area contributed by atoms with Crippen molar-refractivity contribution in [2.75, 3.05) is 25.0 Å². The normalized spacial score (nSPS) is 10.8. The van der Waals surface area contributed by atoms with Crippen molar-refractivity contribution in [1.82, 2.24) is 4.90 Å². The molecule has 0 aliphatic rings. The number of hydrogen-bond acceptors (Lipinski definition) is 2. The maximum Gasteiger partial charge on any atom is 0.240 e. The predicted octanol–water partition coefficient (Wildman–Crippen LogP) is 3.45. The number of carbonyl (C=O) groups excluding carboxylic acids is 1. The molecule has 122 valence electrons. The van der Waals surface area contributed by atoms with Crippen molar-refractivity contribution >= 4 is 11.6 Å². The van der Waals surface area contributed by atoms with Crippen LogP contribution in [0.2, 0.25) is 0 Å². The SMILES string of the molecule is CCN(CC(=O)N(C)c1ccccc1)Cc1c(F)cccc1F. The van der Waals surface area contributed by atoms with E-state index in [1.165, 1.54) is 18.2 Å². The zero-order valence-corrected chi connectivity index (χ0v) is 13.3. The maximum absolute atomic E-state index is 13.7. The topological polar surface area (TPSA) is 23.6 Å². The van der Waals surface area contributed by atoms with Crippen LogP contribution in [0.25, 0.3) is 0 Å². The summed E-state index contributed by atoms with van der Waals surface area (Å²) in [6.07, 6.45) is 0. The first kappa shape index (κ1) is 17.1. The number of rotatable bonds is 6. The Morgan fingerprint density at radius 1 is 1.00 bits per heavy atom. The molecule has 0 bridgehead atoms. The average molecular weight is 318 g/mol. The van der Waals surface area contributed by atoms with E-state index in [1.54, 1.807) is 16.8 Å². The first-order valence-electron chi connectivity index (χ1n) is 7.49. The highest BCUT2D eigenvalue weighted by Gasteiger charge is 2.17. The molecule has 0 atom stereocenters. The van der Waals surface area contributed by atoms with Gasteiger partial charge in [0.2, 0.25) is 5.91 Å². The molecule has 0 aliphatic heterocycles. The van der Waals surface area contributed by atoms with Gasteiger partial charge in [-0.25, -0.2) is 8.78 Å². The lowest BCUT2D eigenvalue weighted by molar-refractivity contribution is -0.119. The van der Waals surface area contributed by atoms with E-state index >= 15 is 0 Å². The summed E-state index contributed by atoms with van der Waals surface area (Å²) in [5.41, 5.74) is 0.773.